The Morgan fingerprint density at radius 1 is 1.00 bits per heavy atom. The molecule has 2 aromatic rings. The van der Waals surface area contributed by atoms with E-state index in [1.165, 1.54) is 0 Å². The van der Waals surface area contributed by atoms with Crippen molar-refractivity contribution in [2.75, 3.05) is 26.2 Å². The molecule has 2 aliphatic rings. The topological polar surface area (TPSA) is 96.3 Å². The van der Waals surface area contributed by atoms with E-state index in [0.717, 1.165) is 76.6 Å². The third-order valence-electron chi connectivity index (χ3n) is 5.80. The normalized spacial score (nSPS) is 21.1. The maximum atomic E-state index is 9.66. The Labute approximate surface area is 159 Å². The van der Waals surface area contributed by atoms with Crippen LogP contribution in [0.25, 0.3) is 0 Å². The van der Waals surface area contributed by atoms with Gasteiger partial charge in [-0.15, -0.1) is 10.2 Å². The van der Waals surface area contributed by atoms with Crippen molar-refractivity contribution in [3.05, 3.63) is 23.4 Å². The Kier molecular flexibility index (Phi) is 5.51. The van der Waals surface area contributed by atoms with E-state index in [0.29, 0.717) is 17.6 Å². The second-order valence-corrected chi connectivity index (χ2v) is 7.83. The van der Waals surface area contributed by atoms with Crippen LogP contribution in [0.4, 0.5) is 0 Å². The predicted octanol–water partition coefficient (Wildman–Crippen LogP) is 0.843. The lowest BCUT2D eigenvalue weighted by atomic mass is 9.96. The van der Waals surface area contributed by atoms with Gasteiger partial charge in [-0.2, -0.15) is 4.98 Å². The van der Waals surface area contributed by atoms with E-state index in [-0.39, 0.29) is 6.10 Å². The molecule has 2 saturated heterocycles. The zero-order chi connectivity index (χ0) is 18.8. The Balaban J connectivity index is 1.31. The molecule has 0 spiro atoms. The van der Waals surface area contributed by atoms with Gasteiger partial charge in [-0.25, -0.2) is 0 Å². The summed E-state index contributed by atoms with van der Waals surface area (Å²) in [6.45, 7) is 7.23. The van der Waals surface area contributed by atoms with Crippen LogP contribution in [0.1, 0.15) is 55.0 Å². The van der Waals surface area contributed by atoms with Gasteiger partial charge in [0.05, 0.1) is 19.2 Å². The molecule has 2 aliphatic heterocycles. The van der Waals surface area contributed by atoms with Gasteiger partial charge in [0, 0.05) is 26.1 Å². The van der Waals surface area contributed by atoms with Crippen molar-refractivity contribution in [2.45, 2.75) is 57.7 Å². The van der Waals surface area contributed by atoms with Crippen molar-refractivity contribution in [3.63, 3.8) is 0 Å². The van der Waals surface area contributed by atoms with Crippen LogP contribution in [0.3, 0.4) is 0 Å². The van der Waals surface area contributed by atoms with Gasteiger partial charge in [0.1, 0.15) is 11.6 Å². The Morgan fingerprint density at radius 3 is 2.33 bits per heavy atom. The van der Waals surface area contributed by atoms with Crippen molar-refractivity contribution in [1.82, 2.24) is 34.7 Å². The lowest BCUT2D eigenvalue weighted by Gasteiger charge is -2.30. The van der Waals surface area contributed by atoms with Gasteiger partial charge in [0.2, 0.25) is 5.89 Å². The number of aliphatic hydroxyl groups excluding tert-OH is 1. The fourth-order valence-electron chi connectivity index (χ4n) is 4.09. The summed E-state index contributed by atoms with van der Waals surface area (Å²) in [5.74, 6) is 3.94. The number of aromatic nitrogens is 5. The van der Waals surface area contributed by atoms with Crippen molar-refractivity contribution in [3.8, 4) is 0 Å². The second-order valence-electron chi connectivity index (χ2n) is 7.83. The van der Waals surface area contributed by atoms with Gasteiger partial charge in [0.25, 0.3) is 0 Å². The van der Waals surface area contributed by atoms with E-state index in [9.17, 15) is 5.11 Å². The molecule has 0 atom stereocenters. The van der Waals surface area contributed by atoms with Crippen LogP contribution in [-0.2, 0) is 20.1 Å². The first kappa shape index (κ1) is 18.5. The molecule has 1 N–H and O–H groups in total. The molecule has 148 valence electrons. The maximum absolute atomic E-state index is 9.66. The summed E-state index contributed by atoms with van der Waals surface area (Å²) in [5.41, 5.74) is 0. The molecule has 4 heterocycles. The highest BCUT2D eigenvalue weighted by atomic mass is 16.5. The molecule has 0 unspecified atom stereocenters. The standard InChI is InChI=1S/C18H29N7O2/c1-13-19-17(27-22-13)12-25-7-3-14(4-8-25)18-21-20-16(23(18)2)11-24-9-5-15(26)6-10-24/h14-15,26H,3-12H2,1-2H3. The fraction of sp³-hybridized carbons (Fsp3) is 0.778. The van der Waals surface area contributed by atoms with Crippen molar-refractivity contribution in [1.29, 1.82) is 0 Å². The summed E-state index contributed by atoms with van der Waals surface area (Å²) < 4.78 is 7.40. The minimum absolute atomic E-state index is 0.141. The Hall–Kier alpha value is -1.84. The van der Waals surface area contributed by atoms with Gasteiger partial charge >= 0.3 is 0 Å². The average molecular weight is 375 g/mol. The highest BCUT2D eigenvalue weighted by Gasteiger charge is 2.27. The molecular weight excluding hydrogens is 346 g/mol. The van der Waals surface area contributed by atoms with Crippen LogP contribution in [0.2, 0.25) is 0 Å². The quantitative estimate of drug-likeness (QED) is 0.821. The number of aryl methyl sites for hydroxylation is 1. The van der Waals surface area contributed by atoms with E-state index >= 15 is 0 Å². The van der Waals surface area contributed by atoms with Gasteiger partial charge in [0.15, 0.2) is 5.82 Å². The molecule has 4 rings (SSSR count). The van der Waals surface area contributed by atoms with E-state index in [1.807, 2.05) is 6.92 Å². The minimum atomic E-state index is -0.141. The number of hydrogen-bond donors (Lipinski definition) is 1. The molecule has 0 bridgehead atoms. The van der Waals surface area contributed by atoms with Crippen molar-refractivity contribution in [2.24, 2.45) is 7.05 Å². The molecule has 0 aliphatic carbocycles. The third-order valence-corrected chi connectivity index (χ3v) is 5.80. The molecule has 9 nitrogen and oxygen atoms in total. The van der Waals surface area contributed by atoms with Crippen LogP contribution in [-0.4, -0.2) is 72.1 Å². The SMILES string of the molecule is Cc1noc(CN2CCC(c3nnc(CN4CCC(O)CC4)n3C)CC2)n1. The number of piperidine rings is 2. The van der Waals surface area contributed by atoms with Crippen LogP contribution < -0.4 is 0 Å². The minimum Gasteiger partial charge on any atom is -0.393 e. The van der Waals surface area contributed by atoms with Crippen molar-refractivity contribution >= 4 is 0 Å². The lowest BCUT2D eigenvalue weighted by molar-refractivity contribution is 0.0775. The summed E-state index contributed by atoms with van der Waals surface area (Å²) in [4.78, 5) is 9.01. The lowest BCUT2D eigenvalue weighted by Crippen LogP contribution is -2.36. The molecular formula is C18H29N7O2. The fourth-order valence-corrected chi connectivity index (χ4v) is 4.09. The van der Waals surface area contributed by atoms with Crippen LogP contribution in [0, 0.1) is 6.92 Å². The average Bonchev–Trinajstić information content (AvgIpc) is 3.24. The molecule has 0 saturated carbocycles. The summed E-state index contributed by atoms with van der Waals surface area (Å²) in [6.07, 6.45) is 3.69. The van der Waals surface area contributed by atoms with Crippen molar-refractivity contribution < 1.29 is 9.63 Å². The molecule has 9 heteroatoms. The summed E-state index contributed by atoms with van der Waals surface area (Å²) >= 11 is 0. The van der Waals surface area contributed by atoms with E-state index < -0.39 is 0 Å². The number of aliphatic hydroxyl groups is 1. The van der Waals surface area contributed by atoms with Gasteiger partial charge in [-0.05, 0) is 45.7 Å². The number of nitrogens with zero attached hydrogens (tertiary/aromatic N) is 7. The molecule has 0 radical (unpaired) electrons. The smallest absolute Gasteiger partial charge is 0.240 e. The number of likely N-dealkylation sites (tertiary alicyclic amines) is 2. The van der Waals surface area contributed by atoms with Gasteiger partial charge < -0.3 is 14.2 Å². The maximum Gasteiger partial charge on any atom is 0.240 e. The number of rotatable bonds is 5. The zero-order valence-electron chi connectivity index (χ0n) is 16.2. The second kappa shape index (κ2) is 8.04. The zero-order valence-corrected chi connectivity index (χ0v) is 16.2. The molecule has 27 heavy (non-hydrogen) atoms. The Morgan fingerprint density at radius 2 is 1.67 bits per heavy atom. The highest BCUT2D eigenvalue weighted by molar-refractivity contribution is 5.04. The van der Waals surface area contributed by atoms with E-state index in [4.69, 9.17) is 4.52 Å². The third kappa shape index (κ3) is 4.36. The number of hydrogen-bond acceptors (Lipinski definition) is 8. The first-order chi connectivity index (χ1) is 13.1. The van der Waals surface area contributed by atoms with Crippen LogP contribution in [0.15, 0.2) is 4.52 Å². The van der Waals surface area contributed by atoms with E-state index in [2.05, 4.69) is 41.8 Å². The largest absolute Gasteiger partial charge is 0.393 e. The first-order valence-corrected chi connectivity index (χ1v) is 9.88. The first-order valence-electron chi connectivity index (χ1n) is 9.88. The van der Waals surface area contributed by atoms with Crippen LogP contribution >= 0.6 is 0 Å². The molecule has 0 aromatic carbocycles. The predicted molar refractivity (Wildman–Crippen MR) is 97.8 cm³/mol. The monoisotopic (exact) mass is 375 g/mol. The highest BCUT2D eigenvalue weighted by Crippen LogP contribution is 2.27. The summed E-state index contributed by atoms with van der Waals surface area (Å²) in [7, 11) is 2.08. The summed E-state index contributed by atoms with van der Waals surface area (Å²) in [6, 6.07) is 0. The van der Waals surface area contributed by atoms with Gasteiger partial charge in [-0.3, -0.25) is 9.80 Å². The van der Waals surface area contributed by atoms with Crippen LogP contribution in [0.5, 0.6) is 0 Å². The summed E-state index contributed by atoms with van der Waals surface area (Å²) in [5, 5.41) is 22.5. The molecule has 0 amide bonds. The van der Waals surface area contributed by atoms with E-state index in [1.54, 1.807) is 0 Å². The Bertz CT molecular complexity index is 743. The molecule has 2 fully saturated rings. The molecule has 2 aromatic heterocycles. The van der Waals surface area contributed by atoms with Gasteiger partial charge in [-0.1, -0.05) is 5.16 Å².